The zero-order valence-electron chi connectivity index (χ0n) is 17.2. The average Bonchev–Trinajstić information content (AvgIpc) is 2.76. The van der Waals surface area contributed by atoms with Crippen LogP contribution >= 0.6 is 24.0 Å². The van der Waals surface area contributed by atoms with Crippen LogP contribution in [0.4, 0.5) is 0 Å². The predicted octanol–water partition coefficient (Wildman–Crippen LogP) is 3.97. The number of rotatable bonds is 9. The number of aromatic nitrogens is 2. The van der Waals surface area contributed by atoms with E-state index in [0.29, 0.717) is 5.41 Å². The Hall–Kier alpha value is -0.790. The van der Waals surface area contributed by atoms with Crippen molar-refractivity contribution in [2.75, 3.05) is 20.1 Å². The number of hydrogen-bond acceptors (Lipinski definition) is 2. The largest absolute Gasteiger partial charge is 0.356 e. The third kappa shape index (κ3) is 8.42. The summed E-state index contributed by atoms with van der Waals surface area (Å²) >= 11 is 0. The Morgan fingerprint density at radius 1 is 1.20 bits per heavy atom. The van der Waals surface area contributed by atoms with E-state index in [0.717, 1.165) is 31.2 Å². The average molecular weight is 463 g/mol. The first-order valence-electron chi connectivity index (χ1n) is 9.24. The highest BCUT2D eigenvalue weighted by Gasteiger charge is 2.17. The molecule has 1 rings (SSSR count). The molecule has 25 heavy (non-hydrogen) atoms. The summed E-state index contributed by atoms with van der Waals surface area (Å²) in [5.41, 5.74) is 4.00. The van der Waals surface area contributed by atoms with Crippen molar-refractivity contribution in [1.82, 2.24) is 20.4 Å². The Kier molecular flexibility index (Phi) is 11.4. The summed E-state index contributed by atoms with van der Waals surface area (Å²) in [6.45, 7) is 12.9. The first kappa shape index (κ1) is 24.2. The van der Waals surface area contributed by atoms with Crippen molar-refractivity contribution in [2.45, 2.75) is 66.7 Å². The van der Waals surface area contributed by atoms with Crippen LogP contribution < -0.4 is 10.6 Å². The molecule has 1 aromatic rings. The van der Waals surface area contributed by atoms with Gasteiger partial charge in [0.2, 0.25) is 0 Å². The zero-order valence-corrected chi connectivity index (χ0v) is 19.5. The molecule has 0 atom stereocenters. The molecule has 0 saturated heterocycles. The molecule has 0 amide bonds. The van der Waals surface area contributed by atoms with Gasteiger partial charge in [0.15, 0.2) is 5.96 Å². The molecule has 0 aromatic carbocycles. The Labute approximate surface area is 171 Å². The van der Waals surface area contributed by atoms with Gasteiger partial charge in [0.05, 0.1) is 5.69 Å². The van der Waals surface area contributed by atoms with E-state index >= 15 is 0 Å². The maximum Gasteiger partial charge on any atom is 0.191 e. The Morgan fingerprint density at radius 2 is 1.88 bits per heavy atom. The topological polar surface area (TPSA) is 54.2 Å². The molecule has 0 spiro atoms. The van der Waals surface area contributed by atoms with Gasteiger partial charge in [-0.1, -0.05) is 40.0 Å². The maximum atomic E-state index is 4.48. The van der Waals surface area contributed by atoms with Crippen molar-refractivity contribution < 1.29 is 0 Å². The van der Waals surface area contributed by atoms with E-state index in [4.69, 9.17) is 0 Å². The molecule has 0 aliphatic heterocycles. The van der Waals surface area contributed by atoms with E-state index in [1.54, 1.807) is 0 Å². The van der Waals surface area contributed by atoms with Crippen molar-refractivity contribution in [3.63, 3.8) is 0 Å². The van der Waals surface area contributed by atoms with E-state index in [9.17, 15) is 0 Å². The van der Waals surface area contributed by atoms with Crippen LogP contribution in [0.5, 0.6) is 0 Å². The fourth-order valence-electron chi connectivity index (χ4n) is 2.97. The number of halogens is 1. The number of aryl methyl sites for hydroxylation is 2. The van der Waals surface area contributed by atoms with E-state index in [1.165, 1.54) is 36.9 Å². The van der Waals surface area contributed by atoms with E-state index in [1.807, 2.05) is 18.8 Å². The smallest absolute Gasteiger partial charge is 0.191 e. The number of unbranched alkanes of at least 4 members (excludes halogenated alkanes) is 2. The molecule has 0 unspecified atom stereocenters. The summed E-state index contributed by atoms with van der Waals surface area (Å²) in [7, 11) is 3.83. The summed E-state index contributed by atoms with van der Waals surface area (Å²) in [4.78, 5) is 4.34. The van der Waals surface area contributed by atoms with Gasteiger partial charge in [-0.3, -0.25) is 9.67 Å². The number of nitrogens with zero attached hydrogens (tertiary/aromatic N) is 3. The molecule has 146 valence electrons. The van der Waals surface area contributed by atoms with E-state index in [-0.39, 0.29) is 24.0 Å². The lowest BCUT2D eigenvalue weighted by molar-refractivity contribution is 0.318. The van der Waals surface area contributed by atoms with Crippen LogP contribution in [0.2, 0.25) is 0 Å². The SMILES string of the molecule is CCCCCC(C)(C)CNC(=NC)NCCc1c(C)nn(C)c1C.I. The first-order chi connectivity index (χ1) is 11.3. The van der Waals surface area contributed by atoms with Gasteiger partial charge < -0.3 is 10.6 Å². The highest BCUT2D eigenvalue weighted by Crippen LogP contribution is 2.22. The van der Waals surface area contributed by atoms with Gasteiger partial charge >= 0.3 is 0 Å². The third-order valence-corrected chi connectivity index (χ3v) is 4.74. The highest BCUT2D eigenvalue weighted by molar-refractivity contribution is 14.0. The van der Waals surface area contributed by atoms with Crippen LogP contribution in [-0.2, 0) is 13.5 Å². The molecule has 0 bridgehead atoms. The van der Waals surface area contributed by atoms with Crippen LogP contribution in [0, 0.1) is 19.3 Å². The number of aliphatic imine (C=N–C) groups is 1. The molecule has 0 radical (unpaired) electrons. The molecule has 5 nitrogen and oxygen atoms in total. The minimum atomic E-state index is 0. The molecule has 6 heteroatoms. The molecule has 1 heterocycles. The number of hydrogen-bond donors (Lipinski definition) is 2. The van der Waals surface area contributed by atoms with Crippen molar-refractivity contribution in [1.29, 1.82) is 0 Å². The monoisotopic (exact) mass is 463 g/mol. The molecule has 2 N–H and O–H groups in total. The van der Waals surface area contributed by atoms with Gasteiger partial charge in [0.1, 0.15) is 0 Å². The third-order valence-electron chi connectivity index (χ3n) is 4.74. The lowest BCUT2D eigenvalue weighted by atomic mass is 9.87. The molecular formula is C19H38IN5. The number of nitrogens with one attached hydrogen (secondary N) is 2. The minimum Gasteiger partial charge on any atom is -0.356 e. The van der Waals surface area contributed by atoms with Gasteiger partial charge in [0.25, 0.3) is 0 Å². The Morgan fingerprint density at radius 3 is 2.40 bits per heavy atom. The van der Waals surface area contributed by atoms with Crippen molar-refractivity contribution in [2.24, 2.45) is 17.5 Å². The van der Waals surface area contributed by atoms with Crippen LogP contribution in [0.3, 0.4) is 0 Å². The molecule has 0 aliphatic carbocycles. The zero-order chi connectivity index (χ0) is 18.2. The normalized spacial score (nSPS) is 12.0. The van der Waals surface area contributed by atoms with Crippen molar-refractivity contribution in [3.05, 3.63) is 17.0 Å². The maximum absolute atomic E-state index is 4.48. The minimum absolute atomic E-state index is 0. The standard InChI is InChI=1S/C19H37N5.HI/c1-8-9-10-12-19(4,5)14-22-18(20-6)21-13-11-17-15(2)23-24(7)16(17)3;/h8-14H2,1-7H3,(H2,20,21,22);1H. The quantitative estimate of drug-likeness (QED) is 0.252. The second kappa shape index (κ2) is 11.8. The van der Waals surface area contributed by atoms with Gasteiger partial charge in [-0.05, 0) is 37.7 Å². The van der Waals surface area contributed by atoms with Gasteiger partial charge in [-0.15, -0.1) is 24.0 Å². The van der Waals surface area contributed by atoms with Gasteiger partial charge in [-0.2, -0.15) is 5.10 Å². The van der Waals surface area contributed by atoms with Gasteiger partial charge in [-0.25, -0.2) is 0 Å². The molecule has 0 saturated carbocycles. The molecule has 0 aliphatic rings. The second-order valence-corrected chi connectivity index (χ2v) is 7.50. The molecular weight excluding hydrogens is 425 g/mol. The lowest BCUT2D eigenvalue weighted by Gasteiger charge is -2.26. The second-order valence-electron chi connectivity index (χ2n) is 7.50. The predicted molar refractivity (Wildman–Crippen MR) is 119 cm³/mol. The molecule has 0 fully saturated rings. The van der Waals surface area contributed by atoms with E-state index in [2.05, 4.69) is 55.3 Å². The molecule has 1 aromatic heterocycles. The van der Waals surface area contributed by atoms with Crippen molar-refractivity contribution >= 4 is 29.9 Å². The summed E-state index contributed by atoms with van der Waals surface area (Å²) < 4.78 is 1.95. The number of guanidine groups is 1. The first-order valence-corrected chi connectivity index (χ1v) is 9.24. The Bertz CT molecular complexity index is 534. The lowest BCUT2D eigenvalue weighted by Crippen LogP contribution is -2.42. The summed E-state index contributed by atoms with van der Waals surface area (Å²) in [5, 5.41) is 11.4. The summed E-state index contributed by atoms with van der Waals surface area (Å²) in [6, 6.07) is 0. The van der Waals surface area contributed by atoms with Crippen LogP contribution in [0.1, 0.15) is 63.4 Å². The summed E-state index contributed by atoms with van der Waals surface area (Å²) in [5.74, 6) is 0.887. The fraction of sp³-hybridized carbons (Fsp3) is 0.789. The van der Waals surface area contributed by atoms with Crippen LogP contribution in [0.15, 0.2) is 4.99 Å². The van der Waals surface area contributed by atoms with Crippen LogP contribution in [-0.4, -0.2) is 35.9 Å². The van der Waals surface area contributed by atoms with Crippen molar-refractivity contribution in [3.8, 4) is 0 Å². The van der Waals surface area contributed by atoms with E-state index < -0.39 is 0 Å². The highest BCUT2D eigenvalue weighted by atomic mass is 127. The fourth-order valence-corrected chi connectivity index (χ4v) is 2.97. The van der Waals surface area contributed by atoms with Gasteiger partial charge in [0, 0.05) is 32.9 Å². The Balaban J connectivity index is 0.00000576. The van der Waals surface area contributed by atoms with Crippen LogP contribution in [0.25, 0.3) is 0 Å². The summed E-state index contributed by atoms with van der Waals surface area (Å²) in [6.07, 6.45) is 6.11.